The molecular formula is C53H70N8O8. The van der Waals surface area contributed by atoms with Crippen molar-refractivity contribution in [2.75, 3.05) is 46.9 Å². The van der Waals surface area contributed by atoms with E-state index >= 15 is 0 Å². The van der Waals surface area contributed by atoms with Gasteiger partial charge in [0, 0.05) is 87.8 Å². The van der Waals surface area contributed by atoms with E-state index in [1.165, 1.54) is 9.91 Å². The molecule has 8 rings (SSSR count). The number of nitrogens with two attached hydrogens (primary N) is 1. The number of phenols is 1. The Hall–Kier alpha value is -5.84. The number of carbonyl (C=O) groups excluding carboxylic acids is 5. The number of benzene rings is 2. The van der Waals surface area contributed by atoms with Crippen LogP contribution in [0.25, 0.3) is 33.3 Å². The summed E-state index contributed by atoms with van der Waals surface area (Å²) in [6.45, 7) is 10.3. The first-order valence-corrected chi connectivity index (χ1v) is 24.9. The van der Waals surface area contributed by atoms with Crippen molar-refractivity contribution in [2.24, 2.45) is 23.0 Å². The number of hydrogen-bond acceptors (Lipinski definition) is 11. The lowest BCUT2D eigenvalue weighted by Crippen LogP contribution is -2.62. The van der Waals surface area contributed by atoms with Crippen molar-refractivity contribution in [3.05, 3.63) is 71.5 Å². The van der Waals surface area contributed by atoms with Crippen LogP contribution in [-0.4, -0.2) is 124 Å². The summed E-state index contributed by atoms with van der Waals surface area (Å²) in [7, 11) is 3.33. The number of carbonyl (C=O) groups is 5. The Kier molecular flexibility index (Phi) is 15.1. The zero-order chi connectivity index (χ0) is 49.1. The third-order valence-corrected chi connectivity index (χ3v) is 14.8. The van der Waals surface area contributed by atoms with Gasteiger partial charge in [-0.2, -0.15) is 0 Å². The number of nitrogens with one attached hydrogen (secondary N) is 2. The fraction of sp³-hybridized carbons (Fsp3) is 0.547. The summed E-state index contributed by atoms with van der Waals surface area (Å²) < 4.78 is 14.3. The molecule has 16 heteroatoms. The van der Waals surface area contributed by atoms with Crippen molar-refractivity contribution < 1.29 is 38.6 Å². The number of pyridine rings is 1. The molecule has 0 spiro atoms. The molecule has 4 aromatic rings. The summed E-state index contributed by atoms with van der Waals surface area (Å²) in [6, 6.07) is 12.7. The minimum Gasteiger partial charge on any atom is -0.508 e. The number of ether oxygens (including phenoxy) is 2. The van der Waals surface area contributed by atoms with Crippen molar-refractivity contribution in [2.45, 2.75) is 123 Å². The van der Waals surface area contributed by atoms with Crippen LogP contribution in [0.15, 0.2) is 54.7 Å². The molecule has 0 unspecified atom stereocenters. The average Bonchev–Trinajstić information content (AvgIpc) is 4.13. The van der Waals surface area contributed by atoms with Gasteiger partial charge in [-0.1, -0.05) is 38.8 Å². The summed E-state index contributed by atoms with van der Waals surface area (Å²) in [5.74, 6) is -2.28. The molecule has 0 radical (unpaired) electrons. The number of methoxy groups -OCH3 is 1. The monoisotopic (exact) mass is 947 g/mol. The number of nitrogens with zero attached hydrogens (tertiary/aromatic N) is 5. The molecule has 6 bridgehead atoms. The summed E-state index contributed by atoms with van der Waals surface area (Å²) in [5, 5.41) is 16.9. The predicted molar refractivity (Wildman–Crippen MR) is 262 cm³/mol. The number of rotatable bonds is 11. The summed E-state index contributed by atoms with van der Waals surface area (Å²) in [5.41, 5.74) is 15.3. The van der Waals surface area contributed by atoms with Crippen molar-refractivity contribution >= 4 is 40.5 Å². The Balaban J connectivity index is 1.19. The standard InChI is InChI=1S/C53H70N8O8/c1-7-60-44-17-16-35-28-40(44)41(48(60)39-14-10-21-55-46(39)32(2)68-6)29-53(3,4)31-69-52(67)42-15-11-22-61(57-42)51(66)43(26-33-24-37(35)27-38(62)25-33)56-49(64)47(34-12-8-9-13-34)58(5)50(65)36-19-23-59(30-36)45(63)18-20-54/h10,14,16-17,21,24-25,27-28,32,34,36,42-43,47,57,62H,7-9,11-13,15,18-20,22-23,26,29-31,54H2,1-6H3,(H,56,64)/t32-,36-,42-,43-,47-/m0/s1. The quantitative estimate of drug-likeness (QED) is 0.135. The Morgan fingerprint density at radius 3 is 2.57 bits per heavy atom. The largest absolute Gasteiger partial charge is 0.508 e. The van der Waals surface area contributed by atoms with Crippen LogP contribution in [0.3, 0.4) is 0 Å². The third kappa shape index (κ3) is 10.5. The fourth-order valence-corrected chi connectivity index (χ4v) is 11.2. The number of aromatic nitrogens is 2. The van der Waals surface area contributed by atoms with E-state index in [0.29, 0.717) is 44.3 Å². The number of hydrogen-bond donors (Lipinski definition) is 4. The highest BCUT2D eigenvalue weighted by molar-refractivity contribution is 5.96. The van der Waals surface area contributed by atoms with Gasteiger partial charge in [-0.15, -0.1) is 0 Å². The fourth-order valence-electron chi connectivity index (χ4n) is 11.2. The van der Waals surface area contributed by atoms with Gasteiger partial charge in [-0.3, -0.25) is 34.0 Å². The third-order valence-electron chi connectivity index (χ3n) is 14.8. The Bertz CT molecular complexity index is 2570. The maximum atomic E-state index is 14.9. The summed E-state index contributed by atoms with van der Waals surface area (Å²) >= 11 is 0. The minimum atomic E-state index is -1.14. The van der Waals surface area contributed by atoms with Crippen LogP contribution in [0.5, 0.6) is 5.75 Å². The van der Waals surface area contributed by atoms with E-state index < -0.39 is 47.2 Å². The van der Waals surface area contributed by atoms with Gasteiger partial charge in [-0.05, 0) is 117 Å². The smallest absolute Gasteiger partial charge is 0.324 e. The number of esters is 1. The van der Waals surface area contributed by atoms with Gasteiger partial charge < -0.3 is 40.0 Å². The maximum Gasteiger partial charge on any atom is 0.324 e. The van der Waals surface area contributed by atoms with Gasteiger partial charge in [0.05, 0.1) is 30.0 Å². The molecular weight excluding hydrogens is 877 g/mol. The lowest BCUT2D eigenvalue weighted by molar-refractivity contribution is -0.155. The van der Waals surface area contributed by atoms with Crippen LogP contribution in [0.2, 0.25) is 0 Å². The minimum absolute atomic E-state index is 0.000114. The van der Waals surface area contributed by atoms with E-state index in [2.05, 4.69) is 54.3 Å². The Labute approximate surface area is 405 Å². The Morgan fingerprint density at radius 1 is 1.04 bits per heavy atom. The number of aromatic hydroxyl groups is 1. The van der Waals surface area contributed by atoms with Crippen LogP contribution in [0.4, 0.5) is 0 Å². The highest BCUT2D eigenvalue weighted by atomic mass is 16.5. The molecule has 4 amide bonds. The molecule has 2 saturated heterocycles. The van der Waals surface area contributed by atoms with Gasteiger partial charge in [0.15, 0.2) is 0 Å². The van der Waals surface area contributed by atoms with Crippen molar-refractivity contribution in [1.82, 2.24) is 35.1 Å². The molecule has 5 heterocycles. The van der Waals surface area contributed by atoms with Crippen LogP contribution >= 0.6 is 0 Å². The Morgan fingerprint density at radius 2 is 1.83 bits per heavy atom. The lowest BCUT2D eigenvalue weighted by atomic mass is 9.84. The molecule has 370 valence electrons. The summed E-state index contributed by atoms with van der Waals surface area (Å²) in [6.07, 6.45) is 7.02. The molecule has 3 fully saturated rings. The number of likely N-dealkylation sites (N-methyl/N-ethyl adjacent to an activating group) is 1. The van der Waals surface area contributed by atoms with Gasteiger partial charge in [0.25, 0.3) is 5.91 Å². The van der Waals surface area contributed by atoms with Crippen LogP contribution in [-0.2, 0) is 52.8 Å². The number of aryl methyl sites for hydroxylation is 1. The number of phenolic OH excluding ortho intramolecular Hbond substituents is 1. The number of likely N-dealkylation sites (tertiary alicyclic amines) is 1. The predicted octanol–water partition coefficient (Wildman–Crippen LogP) is 5.67. The number of cyclic esters (lactones) is 1. The molecule has 2 aromatic carbocycles. The first-order chi connectivity index (χ1) is 33.1. The molecule has 16 nitrogen and oxygen atoms in total. The van der Waals surface area contributed by atoms with Gasteiger partial charge in [0.2, 0.25) is 17.7 Å². The van der Waals surface area contributed by atoms with E-state index in [4.69, 9.17) is 20.2 Å². The van der Waals surface area contributed by atoms with E-state index in [1.807, 2.05) is 25.1 Å². The van der Waals surface area contributed by atoms with E-state index in [0.717, 1.165) is 70.2 Å². The molecule has 2 aromatic heterocycles. The van der Waals surface area contributed by atoms with E-state index in [-0.39, 0.29) is 68.7 Å². The maximum absolute atomic E-state index is 14.9. The second-order valence-electron chi connectivity index (χ2n) is 20.3. The number of amides is 4. The molecule has 1 aliphatic carbocycles. The van der Waals surface area contributed by atoms with Gasteiger partial charge >= 0.3 is 5.97 Å². The zero-order valence-corrected chi connectivity index (χ0v) is 41.1. The van der Waals surface area contributed by atoms with Crippen molar-refractivity contribution in [1.29, 1.82) is 0 Å². The van der Waals surface area contributed by atoms with E-state index in [1.54, 1.807) is 37.4 Å². The highest BCUT2D eigenvalue weighted by Gasteiger charge is 2.42. The normalized spacial score (nSPS) is 22.0. The van der Waals surface area contributed by atoms with Gasteiger partial charge in [-0.25, -0.2) is 5.43 Å². The second-order valence-corrected chi connectivity index (χ2v) is 20.3. The van der Waals surface area contributed by atoms with Crippen LogP contribution in [0, 0.1) is 17.3 Å². The topological polar surface area (TPSA) is 202 Å². The highest BCUT2D eigenvalue weighted by Crippen LogP contribution is 2.42. The zero-order valence-electron chi connectivity index (χ0n) is 41.1. The molecule has 4 aliphatic rings. The first kappa shape index (κ1) is 49.6. The van der Waals surface area contributed by atoms with Gasteiger partial charge in [0.1, 0.15) is 23.9 Å². The molecule has 1 saturated carbocycles. The second kappa shape index (κ2) is 21.0. The number of fused-ring (bicyclic) bond motifs is 6. The van der Waals surface area contributed by atoms with Crippen LogP contribution in [0.1, 0.15) is 102 Å². The van der Waals surface area contributed by atoms with Crippen molar-refractivity contribution in [3.63, 3.8) is 0 Å². The summed E-state index contributed by atoms with van der Waals surface area (Å²) in [4.78, 5) is 78.7. The molecule has 5 N–H and O–H groups in total. The molecule has 69 heavy (non-hydrogen) atoms. The first-order valence-electron chi connectivity index (χ1n) is 24.9. The molecule has 5 atom stereocenters. The average molecular weight is 947 g/mol. The van der Waals surface area contributed by atoms with Crippen LogP contribution < -0.4 is 16.5 Å². The van der Waals surface area contributed by atoms with E-state index in [9.17, 15) is 29.1 Å². The van der Waals surface area contributed by atoms with Crippen molar-refractivity contribution in [3.8, 4) is 28.1 Å². The molecule has 3 aliphatic heterocycles. The lowest BCUT2D eigenvalue weighted by Gasteiger charge is -2.37. The SMILES string of the molecule is CCn1c(-c2cccnc2[C@H](C)OC)c2c3cc(ccc31)-c1cc(O)cc(c1)C[C@H](NC(=O)[C@H](C1CCCC1)N(C)C(=O)[C@H]1CCN(C(=O)CCN)C1)C(=O)N1CCC[C@H](N1)C(=O)OCC(C)(C)C2. The number of hydrazine groups is 1.